The number of primary amides is 3. The topological polar surface area (TPSA) is 391 Å². The van der Waals surface area contributed by atoms with Gasteiger partial charge in [-0.25, -0.2) is 0 Å². The fraction of sp³-hybridized carbons (Fsp3) is 0.646. The predicted octanol–water partition coefficient (Wildman–Crippen LogP) is -1.81. The average Bonchev–Trinajstić information content (AvgIpc) is 3.86. The van der Waals surface area contributed by atoms with Gasteiger partial charge < -0.3 is 69.7 Å². The number of nitrogens with one attached hydrogen (secondary N) is 6. The van der Waals surface area contributed by atoms with Gasteiger partial charge in [-0.05, 0) is 75.1 Å². The molecule has 0 aromatic heterocycles. The number of nitrogens with two attached hydrogens (primary N) is 4. The lowest BCUT2D eigenvalue weighted by Gasteiger charge is -2.38. The molecule has 2 saturated heterocycles. The standard InChI is InChI=1S/C48H74N12O12S2/c1-4-27(2)40-46(71)55-31(16-17-36(50)62)42(67)56-32(23-37(51)63)43(68)57-33(47(72)60-21-9-11-34(60)44(69)54-30(10-8-20-49)41(66)53-25-38(52)64)26-73-74-48(18-6-5-7-19-48)24-39(65)59(3)35(45(70)58-40)22-28-12-14-29(61)15-13-28/h12-15,27,30-35,40,61H,4-11,16-26,49H2,1-3H3,(H2,50,62)(H2,51,63)(H2,52,64)(H,53,66)(H,54,69)(H,55,71)(H,56,67)(H,57,68)(H,58,70)/t27-,30-,31-,32+,33-,34-,35-,40+/m0/s1. The van der Waals surface area contributed by atoms with E-state index in [0.717, 1.165) is 19.3 Å². The number of phenolic OH excluding ortho intramolecular Hbond substituents is 1. The Morgan fingerprint density at radius 3 is 2.14 bits per heavy atom. The van der Waals surface area contributed by atoms with Gasteiger partial charge in [0.2, 0.25) is 65.0 Å². The second-order valence-electron chi connectivity index (χ2n) is 19.3. The minimum Gasteiger partial charge on any atom is -0.508 e. The van der Waals surface area contributed by atoms with Crippen LogP contribution in [0, 0.1) is 5.92 Å². The van der Waals surface area contributed by atoms with Crippen LogP contribution in [0.5, 0.6) is 5.75 Å². The summed E-state index contributed by atoms with van der Waals surface area (Å²) in [7, 11) is 4.04. The molecular weight excluding hydrogens is 1000 g/mol. The van der Waals surface area contributed by atoms with Gasteiger partial charge in [-0.2, -0.15) is 0 Å². The molecule has 4 rings (SSSR count). The Kier molecular flexibility index (Phi) is 23.7. The minimum absolute atomic E-state index is 0.0147. The maximum atomic E-state index is 14.8. The number of likely N-dealkylation sites (tertiary alicyclic amines) is 1. The number of benzene rings is 1. The zero-order valence-corrected chi connectivity index (χ0v) is 44.0. The molecule has 1 aromatic rings. The van der Waals surface area contributed by atoms with E-state index in [4.69, 9.17) is 22.9 Å². The number of phenols is 1. The highest BCUT2D eigenvalue weighted by Crippen LogP contribution is 2.49. The SMILES string of the molecule is CC[C@H](C)[C@H]1NC(=O)[C@H](Cc2ccc(O)cc2)N(C)C(=O)CC2(CCCCC2)SSC[C@@H](C(=O)N2CCC[C@H]2C(=O)N[C@@H](CCCN)C(=O)NCC(N)=O)NC(=O)[C@@H](CC(N)=O)NC(=O)[C@H](CCC(N)=O)NC1=O. The van der Waals surface area contributed by atoms with Crippen molar-refractivity contribution in [3.05, 3.63) is 29.8 Å². The lowest BCUT2D eigenvalue weighted by molar-refractivity contribution is -0.142. The van der Waals surface area contributed by atoms with Crippen LogP contribution >= 0.6 is 21.6 Å². The Bertz CT molecular complexity index is 2200. The summed E-state index contributed by atoms with van der Waals surface area (Å²) in [5.41, 5.74) is 22.6. The third-order valence-corrected chi connectivity index (χ3v) is 16.9. The average molecular weight is 1080 g/mol. The van der Waals surface area contributed by atoms with E-state index in [-0.39, 0.29) is 56.7 Å². The van der Waals surface area contributed by atoms with E-state index in [1.807, 2.05) is 0 Å². The Morgan fingerprint density at radius 2 is 1.51 bits per heavy atom. The molecule has 2 heterocycles. The normalized spacial score (nSPS) is 24.3. The minimum atomic E-state index is -1.74. The van der Waals surface area contributed by atoms with Crippen LogP contribution in [0.15, 0.2) is 24.3 Å². The first kappa shape index (κ1) is 60.4. The van der Waals surface area contributed by atoms with Crippen LogP contribution in [0.1, 0.15) is 109 Å². The van der Waals surface area contributed by atoms with Gasteiger partial charge in [-0.3, -0.25) is 52.7 Å². The fourth-order valence-corrected chi connectivity index (χ4v) is 12.5. The number of aromatic hydroxyl groups is 1. The van der Waals surface area contributed by atoms with Crippen molar-refractivity contribution in [3.8, 4) is 5.75 Å². The van der Waals surface area contributed by atoms with Crippen LogP contribution in [0.4, 0.5) is 0 Å². The monoisotopic (exact) mass is 1070 g/mol. The maximum absolute atomic E-state index is 14.8. The maximum Gasteiger partial charge on any atom is 0.246 e. The molecule has 1 aliphatic carbocycles. The molecule has 3 aliphatic rings. The summed E-state index contributed by atoms with van der Waals surface area (Å²) in [5.74, 6) is -9.48. The van der Waals surface area contributed by atoms with E-state index in [0.29, 0.717) is 37.7 Å². The number of hydrogen-bond donors (Lipinski definition) is 11. The zero-order valence-electron chi connectivity index (χ0n) is 42.3. The van der Waals surface area contributed by atoms with Crippen LogP contribution in [-0.4, -0.2) is 159 Å². The summed E-state index contributed by atoms with van der Waals surface area (Å²) in [5, 5.41) is 25.6. The predicted molar refractivity (Wildman–Crippen MR) is 275 cm³/mol. The molecule has 11 amide bonds. The van der Waals surface area contributed by atoms with Gasteiger partial charge in [0.05, 0.1) is 13.0 Å². The highest BCUT2D eigenvalue weighted by Gasteiger charge is 2.43. The van der Waals surface area contributed by atoms with E-state index in [1.165, 1.54) is 50.6 Å². The fourth-order valence-electron chi connectivity index (χ4n) is 9.11. The van der Waals surface area contributed by atoms with Crippen molar-refractivity contribution < 1.29 is 57.8 Å². The number of rotatable bonds is 18. The van der Waals surface area contributed by atoms with Gasteiger partial charge in [0.25, 0.3) is 0 Å². The highest BCUT2D eigenvalue weighted by molar-refractivity contribution is 8.77. The lowest BCUT2D eigenvalue weighted by atomic mass is 9.85. The number of carbonyl (C=O) groups excluding carboxylic acids is 11. The smallest absolute Gasteiger partial charge is 0.246 e. The van der Waals surface area contributed by atoms with Crippen molar-refractivity contribution in [2.75, 3.05) is 32.4 Å². The van der Waals surface area contributed by atoms with Gasteiger partial charge in [0.15, 0.2) is 0 Å². The molecule has 3 fully saturated rings. The van der Waals surface area contributed by atoms with Crippen molar-refractivity contribution in [2.24, 2.45) is 28.9 Å². The lowest BCUT2D eigenvalue weighted by Crippen LogP contribution is -2.61. The second-order valence-corrected chi connectivity index (χ2v) is 22.1. The number of amides is 11. The molecule has 0 unspecified atom stereocenters. The van der Waals surface area contributed by atoms with E-state index < -0.39 is 137 Å². The molecule has 2 aliphatic heterocycles. The van der Waals surface area contributed by atoms with Gasteiger partial charge in [0, 0.05) is 43.4 Å². The molecular formula is C48H74N12O12S2. The van der Waals surface area contributed by atoms with E-state index in [9.17, 15) is 57.8 Å². The van der Waals surface area contributed by atoms with E-state index >= 15 is 0 Å². The number of likely N-dealkylation sites (N-methyl/N-ethyl adjacent to an activating group) is 1. The molecule has 0 bridgehead atoms. The molecule has 8 atom stereocenters. The third-order valence-electron chi connectivity index (χ3n) is 13.6. The molecule has 1 aromatic carbocycles. The zero-order chi connectivity index (χ0) is 54.7. The molecule has 26 heteroatoms. The quantitative estimate of drug-likeness (QED) is 0.0722. The third kappa shape index (κ3) is 18.1. The van der Waals surface area contributed by atoms with Crippen LogP contribution < -0.4 is 54.8 Å². The number of hydrogen-bond acceptors (Lipinski definition) is 15. The van der Waals surface area contributed by atoms with Crippen molar-refractivity contribution >= 4 is 86.6 Å². The Morgan fingerprint density at radius 1 is 0.851 bits per heavy atom. The molecule has 24 nitrogen and oxygen atoms in total. The molecule has 1 spiro atoms. The van der Waals surface area contributed by atoms with Crippen molar-refractivity contribution in [1.82, 2.24) is 41.7 Å². The van der Waals surface area contributed by atoms with Crippen molar-refractivity contribution in [3.63, 3.8) is 0 Å². The van der Waals surface area contributed by atoms with Crippen LogP contribution in [-0.2, 0) is 59.2 Å². The molecule has 0 radical (unpaired) electrons. The first-order valence-electron chi connectivity index (χ1n) is 25.1. The van der Waals surface area contributed by atoms with E-state index in [1.54, 1.807) is 26.0 Å². The van der Waals surface area contributed by atoms with Crippen molar-refractivity contribution in [2.45, 2.75) is 157 Å². The molecule has 15 N–H and O–H groups in total. The van der Waals surface area contributed by atoms with Gasteiger partial charge in [-0.15, -0.1) is 0 Å². The summed E-state index contributed by atoms with van der Waals surface area (Å²) in [4.78, 5) is 153. The van der Waals surface area contributed by atoms with Crippen molar-refractivity contribution in [1.29, 1.82) is 0 Å². The largest absolute Gasteiger partial charge is 0.508 e. The summed E-state index contributed by atoms with van der Waals surface area (Å²) in [6, 6.07) is -3.37. The van der Waals surface area contributed by atoms with Gasteiger partial charge in [0.1, 0.15) is 48.0 Å². The number of nitrogens with zero attached hydrogens (tertiary/aromatic N) is 2. The summed E-state index contributed by atoms with van der Waals surface area (Å²) >= 11 is 0. The first-order valence-corrected chi connectivity index (χ1v) is 27.4. The molecule has 410 valence electrons. The molecule has 74 heavy (non-hydrogen) atoms. The number of carbonyl (C=O) groups is 11. The van der Waals surface area contributed by atoms with E-state index in [2.05, 4.69) is 31.9 Å². The van der Waals surface area contributed by atoms with Gasteiger partial charge >= 0.3 is 0 Å². The Balaban J connectivity index is 1.79. The van der Waals surface area contributed by atoms with Crippen LogP contribution in [0.2, 0.25) is 0 Å². The van der Waals surface area contributed by atoms with Crippen LogP contribution in [0.25, 0.3) is 0 Å². The second kappa shape index (κ2) is 29.1. The summed E-state index contributed by atoms with van der Waals surface area (Å²) in [6.45, 7) is 3.24. The van der Waals surface area contributed by atoms with Gasteiger partial charge in [-0.1, -0.05) is 73.3 Å². The Labute approximate surface area is 438 Å². The van der Waals surface area contributed by atoms with Crippen LogP contribution in [0.3, 0.4) is 0 Å². The first-order chi connectivity index (χ1) is 35.1. The Hall–Kier alpha value is -6.15. The highest BCUT2D eigenvalue weighted by atomic mass is 33.1. The molecule has 1 saturated carbocycles. The summed E-state index contributed by atoms with van der Waals surface area (Å²) in [6.07, 6.45) is 3.27. The summed E-state index contributed by atoms with van der Waals surface area (Å²) < 4.78 is -0.725.